The molecule has 0 bridgehead atoms. The molecular weight excluding hydrogens is 283 g/mol. The van der Waals surface area contributed by atoms with Crippen molar-refractivity contribution < 1.29 is 17.6 Å². The monoisotopic (exact) mass is 302 g/mol. The van der Waals surface area contributed by atoms with E-state index in [0.717, 1.165) is 24.3 Å². The van der Waals surface area contributed by atoms with Gasteiger partial charge in [-0.2, -0.15) is 4.72 Å². The second-order valence-electron chi connectivity index (χ2n) is 5.54. The Hall–Kier alpha value is -1.47. The fraction of sp³-hybridized carbons (Fsp3) is 0.462. The second-order valence-corrected chi connectivity index (χ2v) is 7.25. The molecule has 5 nitrogen and oxygen atoms in total. The summed E-state index contributed by atoms with van der Waals surface area (Å²) in [5, 5.41) is 2.68. The molecule has 0 saturated heterocycles. The Labute approximate surface area is 118 Å². The van der Waals surface area contributed by atoms with E-state index in [-0.39, 0.29) is 4.90 Å². The van der Waals surface area contributed by atoms with Crippen molar-refractivity contribution in [2.75, 3.05) is 0 Å². The van der Waals surface area contributed by atoms with Gasteiger partial charge in [-0.25, -0.2) is 12.8 Å². The molecule has 0 unspecified atom stereocenters. The predicted molar refractivity (Wildman–Crippen MR) is 74.1 cm³/mol. The molecule has 0 fully saturated rings. The maximum atomic E-state index is 12.8. The predicted octanol–water partition coefficient (Wildman–Crippen LogP) is 1.41. The van der Waals surface area contributed by atoms with Crippen molar-refractivity contribution in [3.63, 3.8) is 0 Å². The molecule has 2 N–H and O–H groups in total. The molecule has 0 aliphatic rings. The first kappa shape index (κ1) is 16.6. The molecule has 1 atom stereocenters. The lowest BCUT2D eigenvalue weighted by Crippen LogP contribution is -2.50. The van der Waals surface area contributed by atoms with Crippen molar-refractivity contribution >= 4 is 15.9 Å². The summed E-state index contributed by atoms with van der Waals surface area (Å²) in [5.74, 6) is -0.953. The molecule has 1 aromatic rings. The quantitative estimate of drug-likeness (QED) is 0.883. The number of carbonyl (C=O) groups excluding carboxylic acids is 1. The van der Waals surface area contributed by atoms with Gasteiger partial charge in [0, 0.05) is 5.54 Å². The van der Waals surface area contributed by atoms with E-state index in [1.807, 2.05) is 0 Å². The fourth-order valence-corrected chi connectivity index (χ4v) is 2.65. The Bertz CT molecular complexity index is 577. The number of benzene rings is 1. The third-order valence-electron chi connectivity index (χ3n) is 2.35. The van der Waals surface area contributed by atoms with Crippen LogP contribution in [0, 0.1) is 5.82 Å². The zero-order chi connectivity index (χ0) is 15.6. The number of amides is 1. The van der Waals surface area contributed by atoms with Crippen molar-refractivity contribution in [3.8, 4) is 0 Å². The molecule has 0 aliphatic carbocycles. The topological polar surface area (TPSA) is 75.3 Å². The van der Waals surface area contributed by atoms with E-state index in [1.54, 1.807) is 20.8 Å². The molecule has 0 radical (unpaired) electrons. The van der Waals surface area contributed by atoms with Crippen molar-refractivity contribution in [2.24, 2.45) is 0 Å². The van der Waals surface area contributed by atoms with Crippen LogP contribution in [-0.2, 0) is 14.8 Å². The minimum Gasteiger partial charge on any atom is -0.350 e. The van der Waals surface area contributed by atoms with E-state index in [9.17, 15) is 17.6 Å². The smallest absolute Gasteiger partial charge is 0.241 e. The Kier molecular flexibility index (Phi) is 4.88. The number of carbonyl (C=O) groups is 1. The maximum Gasteiger partial charge on any atom is 0.241 e. The highest BCUT2D eigenvalue weighted by atomic mass is 32.2. The Balaban J connectivity index is 2.81. The van der Waals surface area contributed by atoms with E-state index in [0.29, 0.717) is 0 Å². The first-order valence-corrected chi connectivity index (χ1v) is 7.59. The molecule has 0 aliphatic heterocycles. The standard InChI is InChI=1S/C13H19FN2O3S/c1-9(12(17)15-13(2,3)4)16-20(18,19)11-7-5-10(14)6-8-11/h5-9,16H,1-4H3,(H,15,17)/t9-/m0/s1. The number of halogens is 1. The van der Waals surface area contributed by atoms with Gasteiger partial charge >= 0.3 is 0 Å². The van der Waals surface area contributed by atoms with Crippen LogP contribution in [0.15, 0.2) is 29.2 Å². The van der Waals surface area contributed by atoms with Crippen LogP contribution in [0.1, 0.15) is 27.7 Å². The molecule has 112 valence electrons. The first-order valence-electron chi connectivity index (χ1n) is 6.11. The summed E-state index contributed by atoms with van der Waals surface area (Å²) in [5.41, 5.74) is -0.452. The van der Waals surface area contributed by atoms with Gasteiger partial charge in [0.15, 0.2) is 0 Å². The number of rotatable bonds is 4. The Morgan fingerprint density at radius 1 is 1.20 bits per heavy atom. The number of sulfonamides is 1. The highest BCUT2D eigenvalue weighted by Gasteiger charge is 2.24. The molecule has 20 heavy (non-hydrogen) atoms. The first-order chi connectivity index (χ1) is 9.01. The zero-order valence-electron chi connectivity index (χ0n) is 11.9. The summed E-state index contributed by atoms with van der Waals surface area (Å²) in [6.45, 7) is 6.84. The average Bonchev–Trinajstić information content (AvgIpc) is 2.26. The van der Waals surface area contributed by atoms with Gasteiger partial charge in [-0.15, -0.1) is 0 Å². The molecule has 0 aromatic heterocycles. The van der Waals surface area contributed by atoms with Gasteiger partial charge in [-0.3, -0.25) is 4.79 Å². The van der Waals surface area contributed by atoms with Crippen molar-refractivity contribution in [1.82, 2.24) is 10.0 Å². The lowest BCUT2D eigenvalue weighted by molar-refractivity contribution is -0.123. The molecule has 0 saturated carbocycles. The van der Waals surface area contributed by atoms with E-state index in [2.05, 4.69) is 10.0 Å². The van der Waals surface area contributed by atoms with Gasteiger partial charge in [-0.1, -0.05) is 0 Å². The third kappa shape index (κ3) is 4.90. The Morgan fingerprint density at radius 2 is 1.70 bits per heavy atom. The van der Waals surface area contributed by atoms with Crippen molar-refractivity contribution in [2.45, 2.75) is 44.2 Å². The van der Waals surface area contributed by atoms with Gasteiger partial charge in [0.25, 0.3) is 0 Å². The molecule has 0 spiro atoms. The van der Waals surface area contributed by atoms with Gasteiger partial charge in [0.05, 0.1) is 10.9 Å². The maximum absolute atomic E-state index is 12.8. The summed E-state index contributed by atoms with van der Waals surface area (Å²) >= 11 is 0. The van der Waals surface area contributed by atoms with Crippen LogP contribution in [0.5, 0.6) is 0 Å². The average molecular weight is 302 g/mol. The SMILES string of the molecule is C[C@H](NS(=O)(=O)c1ccc(F)cc1)C(=O)NC(C)(C)C. The summed E-state index contributed by atoms with van der Waals surface area (Å²) in [6, 6.07) is 3.46. The van der Waals surface area contributed by atoms with Crippen molar-refractivity contribution in [1.29, 1.82) is 0 Å². The number of hydrogen-bond donors (Lipinski definition) is 2. The number of hydrogen-bond acceptors (Lipinski definition) is 3. The van der Waals surface area contributed by atoms with Crippen molar-refractivity contribution in [3.05, 3.63) is 30.1 Å². The molecule has 7 heteroatoms. The van der Waals surface area contributed by atoms with Crippen LogP contribution in [0.2, 0.25) is 0 Å². The summed E-state index contributed by atoms with van der Waals surface area (Å²) in [6.07, 6.45) is 0. The third-order valence-corrected chi connectivity index (χ3v) is 3.90. The number of nitrogens with one attached hydrogen (secondary N) is 2. The highest BCUT2D eigenvalue weighted by molar-refractivity contribution is 7.89. The minimum absolute atomic E-state index is 0.0886. The lowest BCUT2D eigenvalue weighted by Gasteiger charge is -2.23. The molecule has 1 rings (SSSR count). The minimum atomic E-state index is -3.85. The molecule has 0 heterocycles. The van der Waals surface area contributed by atoms with E-state index < -0.39 is 33.3 Å². The highest BCUT2D eigenvalue weighted by Crippen LogP contribution is 2.10. The molecule has 1 amide bonds. The second kappa shape index (κ2) is 5.88. The zero-order valence-corrected chi connectivity index (χ0v) is 12.7. The fourth-order valence-electron chi connectivity index (χ4n) is 1.45. The molecule has 1 aromatic carbocycles. The van der Waals surface area contributed by atoms with Gasteiger partial charge in [-0.05, 0) is 52.0 Å². The largest absolute Gasteiger partial charge is 0.350 e. The van der Waals surface area contributed by atoms with E-state index in [1.165, 1.54) is 6.92 Å². The van der Waals surface area contributed by atoms with Crippen LogP contribution in [-0.4, -0.2) is 25.9 Å². The van der Waals surface area contributed by atoms with E-state index >= 15 is 0 Å². The van der Waals surface area contributed by atoms with Gasteiger partial charge < -0.3 is 5.32 Å². The lowest BCUT2D eigenvalue weighted by atomic mass is 10.1. The van der Waals surface area contributed by atoms with Crippen LogP contribution < -0.4 is 10.0 Å². The summed E-state index contributed by atoms with van der Waals surface area (Å²) in [7, 11) is -3.85. The van der Waals surface area contributed by atoms with Crippen LogP contribution in [0.4, 0.5) is 4.39 Å². The Morgan fingerprint density at radius 3 is 2.15 bits per heavy atom. The van der Waals surface area contributed by atoms with Crippen LogP contribution >= 0.6 is 0 Å². The van der Waals surface area contributed by atoms with Crippen LogP contribution in [0.3, 0.4) is 0 Å². The normalized spacial score (nSPS) is 13.8. The summed E-state index contributed by atoms with van der Waals surface area (Å²) < 4.78 is 39.0. The molecular formula is C13H19FN2O3S. The van der Waals surface area contributed by atoms with Gasteiger partial charge in [0.2, 0.25) is 15.9 Å². The summed E-state index contributed by atoms with van der Waals surface area (Å²) in [4.78, 5) is 11.7. The van der Waals surface area contributed by atoms with Gasteiger partial charge in [0.1, 0.15) is 5.82 Å². The van der Waals surface area contributed by atoms with Crippen LogP contribution in [0.25, 0.3) is 0 Å². The van der Waals surface area contributed by atoms with E-state index in [4.69, 9.17) is 0 Å².